The number of methoxy groups -OCH3 is 2. The van der Waals surface area contributed by atoms with E-state index in [2.05, 4.69) is 0 Å². The molecule has 0 radical (unpaired) electrons. The van der Waals surface area contributed by atoms with Crippen molar-refractivity contribution in [2.75, 3.05) is 28.3 Å². The van der Waals surface area contributed by atoms with Gasteiger partial charge in [-0.1, -0.05) is 0 Å². The molecule has 2 aromatic carbocycles. The minimum absolute atomic E-state index is 0.228. The van der Waals surface area contributed by atoms with E-state index in [0.717, 1.165) is 0 Å². The third kappa shape index (κ3) is 5.64. The summed E-state index contributed by atoms with van der Waals surface area (Å²) in [6.07, 6.45) is 0.649. The van der Waals surface area contributed by atoms with Crippen LogP contribution >= 0.6 is 0 Å². The predicted molar refractivity (Wildman–Crippen MR) is 111 cm³/mol. The highest BCUT2D eigenvalue weighted by Crippen LogP contribution is 2.17. The Kier molecular flexibility index (Phi) is 7.63. The van der Waals surface area contributed by atoms with Crippen LogP contribution in [0.1, 0.15) is 27.1 Å². The SMILES string of the molecule is COc1ccc(C(=O)CC(=O)C(=O)C(=CN(C)C)C(=O)c2ccc(OC)cc2)cc1. The van der Waals surface area contributed by atoms with E-state index < -0.39 is 29.6 Å². The second-order valence-electron chi connectivity index (χ2n) is 6.64. The van der Waals surface area contributed by atoms with E-state index in [1.54, 1.807) is 38.4 Å². The first-order valence-electron chi connectivity index (χ1n) is 9.08. The average molecular weight is 409 g/mol. The van der Waals surface area contributed by atoms with E-state index in [4.69, 9.17) is 9.47 Å². The topological polar surface area (TPSA) is 90.0 Å². The zero-order chi connectivity index (χ0) is 22.3. The van der Waals surface area contributed by atoms with Gasteiger partial charge in [0, 0.05) is 31.4 Å². The predicted octanol–water partition coefficient (Wildman–Crippen LogP) is 2.74. The molecular formula is C23H23NO6. The van der Waals surface area contributed by atoms with Gasteiger partial charge in [0.15, 0.2) is 11.6 Å². The molecule has 0 heterocycles. The van der Waals surface area contributed by atoms with Crippen LogP contribution in [0.5, 0.6) is 11.5 Å². The van der Waals surface area contributed by atoms with Crippen molar-refractivity contribution in [1.29, 1.82) is 0 Å². The van der Waals surface area contributed by atoms with Gasteiger partial charge in [-0.15, -0.1) is 0 Å². The molecule has 0 aliphatic carbocycles. The molecule has 0 aliphatic rings. The summed E-state index contributed by atoms with van der Waals surface area (Å²) in [5.74, 6) is -1.97. The molecule has 0 bridgehead atoms. The summed E-state index contributed by atoms with van der Waals surface area (Å²) in [5.41, 5.74) is 0.195. The summed E-state index contributed by atoms with van der Waals surface area (Å²) in [6, 6.07) is 12.4. The maximum atomic E-state index is 12.8. The van der Waals surface area contributed by atoms with Gasteiger partial charge in [0.2, 0.25) is 11.6 Å². The van der Waals surface area contributed by atoms with Gasteiger partial charge >= 0.3 is 0 Å². The van der Waals surface area contributed by atoms with Crippen molar-refractivity contribution in [3.05, 3.63) is 71.4 Å². The molecule has 0 unspecified atom stereocenters. The van der Waals surface area contributed by atoms with E-state index in [0.29, 0.717) is 11.5 Å². The molecule has 0 aliphatic heterocycles. The van der Waals surface area contributed by atoms with Crippen LogP contribution in [0, 0.1) is 0 Å². The van der Waals surface area contributed by atoms with E-state index in [-0.39, 0.29) is 16.7 Å². The van der Waals surface area contributed by atoms with Crippen molar-refractivity contribution in [1.82, 2.24) is 4.90 Å². The lowest BCUT2D eigenvalue weighted by atomic mass is 9.95. The fourth-order valence-electron chi connectivity index (χ4n) is 2.63. The molecule has 7 nitrogen and oxygen atoms in total. The molecule has 0 fully saturated rings. The molecule has 0 amide bonds. The third-order valence-corrected chi connectivity index (χ3v) is 4.22. The number of carbonyl (C=O) groups is 4. The van der Waals surface area contributed by atoms with Gasteiger partial charge in [-0.3, -0.25) is 19.2 Å². The maximum Gasteiger partial charge on any atom is 0.234 e. The molecule has 0 saturated carbocycles. The van der Waals surface area contributed by atoms with Crippen LogP contribution in [0.4, 0.5) is 0 Å². The highest BCUT2D eigenvalue weighted by atomic mass is 16.5. The minimum Gasteiger partial charge on any atom is -0.497 e. The summed E-state index contributed by atoms with van der Waals surface area (Å²) >= 11 is 0. The molecule has 0 atom stereocenters. The molecular weight excluding hydrogens is 386 g/mol. The van der Waals surface area contributed by atoms with Gasteiger partial charge < -0.3 is 14.4 Å². The van der Waals surface area contributed by atoms with Crippen molar-refractivity contribution in [3.8, 4) is 11.5 Å². The normalized spacial score (nSPS) is 10.9. The Morgan fingerprint density at radius 2 is 1.27 bits per heavy atom. The summed E-state index contributed by atoms with van der Waals surface area (Å²) in [4.78, 5) is 51.9. The van der Waals surface area contributed by atoms with Gasteiger partial charge in [0.05, 0.1) is 26.2 Å². The fraction of sp³-hybridized carbons (Fsp3) is 0.217. The molecule has 7 heteroatoms. The highest BCUT2D eigenvalue weighted by molar-refractivity contribution is 6.53. The number of ether oxygens (including phenoxy) is 2. The number of ketones is 4. The molecule has 2 rings (SSSR count). The van der Waals surface area contributed by atoms with E-state index >= 15 is 0 Å². The Hall–Kier alpha value is -3.74. The fourth-order valence-corrected chi connectivity index (χ4v) is 2.63. The van der Waals surface area contributed by atoms with Crippen LogP contribution in [0.3, 0.4) is 0 Å². The minimum atomic E-state index is -1.01. The van der Waals surface area contributed by atoms with Gasteiger partial charge in [-0.05, 0) is 48.5 Å². The molecule has 0 saturated heterocycles. The second kappa shape index (κ2) is 10.2. The smallest absolute Gasteiger partial charge is 0.234 e. The van der Waals surface area contributed by atoms with Gasteiger partial charge in [0.1, 0.15) is 11.5 Å². The quantitative estimate of drug-likeness (QED) is 0.196. The maximum absolute atomic E-state index is 12.8. The number of rotatable bonds is 10. The highest BCUT2D eigenvalue weighted by Gasteiger charge is 2.28. The van der Waals surface area contributed by atoms with Crippen LogP contribution < -0.4 is 9.47 Å². The molecule has 0 aromatic heterocycles. The zero-order valence-corrected chi connectivity index (χ0v) is 17.3. The summed E-state index contributed by atoms with van der Waals surface area (Å²) in [5, 5.41) is 0. The Bertz CT molecular complexity index is 972. The van der Waals surface area contributed by atoms with E-state index in [1.807, 2.05) is 0 Å². The van der Waals surface area contributed by atoms with Gasteiger partial charge in [-0.2, -0.15) is 0 Å². The van der Waals surface area contributed by atoms with Gasteiger partial charge in [-0.25, -0.2) is 0 Å². The third-order valence-electron chi connectivity index (χ3n) is 4.22. The van der Waals surface area contributed by atoms with Crippen LogP contribution in [-0.4, -0.2) is 56.3 Å². The van der Waals surface area contributed by atoms with Crippen LogP contribution in [0.25, 0.3) is 0 Å². The standard InChI is InChI=1S/C23H23NO6/c1-24(2)14-19(22(27)16-7-11-18(30-4)12-8-16)23(28)21(26)13-20(25)15-5-9-17(29-3)10-6-15/h5-12,14H,13H2,1-4H3. The Morgan fingerprint density at radius 3 is 1.70 bits per heavy atom. The Labute approximate surface area is 174 Å². The van der Waals surface area contributed by atoms with Crippen molar-refractivity contribution < 1.29 is 28.7 Å². The molecule has 0 spiro atoms. The summed E-state index contributed by atoms with van der Waals surface area (Å²) in [6.45, 7) is 0. The first-order valence-corrected chi connectivity index (χ1v) is 9.08. The number of hydrogen-bond acceptors (Lipinski definition) is 7. The molecule has 156 valence electrons. The largest absolute Gasteiger partial charge is 0.497 e. The Balaban J connectivity index is 2.21. The lowest BCUT2D eigenvalue weighted by molar-refractivity contribution is -0.133. The summed E-state index contributed by atoms with van der Waals surface area (Å²) in [7, 11) is 6.25. The number of Topliss-reactive ketones (excluding diaryl/α,β-unsaturated/α-hetero) is 4. The van der Waals surface area contributed by atoms with Gasteiger partial charge in [0.25, 0.3) is 0 Å². The number of hydrogen-bond donors (Lipinski definition) is 0. The number of carbonyl (C=O) groups excluding carboxylic acids is 4. The van der Waals surface area contributed by atoms with Crippen molar-refractivity contribution >= 4 is 23.1 Å². The van der Waals surface area contributed by atoms with Crippen molar-refractivity contribution in [3.63, 3.8) is 0 Å². The monoisotopic (exact) mass is 409 g/mol. The van der Waals surface area contributed by atoms with Crippen molar-refractivity contribution in [2.45, 2.75) is 6.42 Å². The molecule has 30 heavy (non-hydrogen) atoms. The Morgan fingerprint density at radius 1 is 0.800 bits per heavy atom. The second-order valence-corrected chi connectivity index (χ2v) is 6.64. The summed E-state index contributed by atoms with van der Waals surface area (Å²) < 4.78 is 10.1. The van der Waals surface area contributed by atoms with Crippen LogP contribution in [-0.2, 0) is 9.59 Å². The number of nitrogens with zero attached hydrogens (tertiary/aromatic N) is 1. The van der Waals surface area contributed by atoms with E-state index in [9.17, 15) is 19.2 Å². The number of allylic oxidation sites excluding steroid dienone is 1. The molecule has 0 N–H and O–H groups in total. The van der Waals surface area contributed by atoms with Crippen LogP contribution in [0.15, 0.2) is 60.3 Å². The first kappa shape index (κ1) is 22.5. The average Bonchev–Trinajstić information content (AvgIpc) is 2.76. The number of benzene rings is 2. The molecule has 2 aromatic rings. The first-order chi connectivity index (χ1) is 14.3. The lowest BCUT2D eigenvalue weighted by Crippen LogP contribution is -2.25. The van der Waals surface area contributed by atoms with Crippen LogP contribution in [0.2, 0.25) is 0 Å². The van der Waals surface area contributed by atoms with E-state index in [1.165, 1.54) is 49.6 Å². The lowest BCUT2D eigenvalue weighted by Gasteiger charge is -2.11. The van der Waals surface area contributed by atoms with Crippen molar-refractivity contribution in [2.24, 2.45) is 0 Å². The zero-order valence-electron chi connectivity index (χ0n) is 17.3.